The van der Waals surface area contributed by atoms with Crippen LogP contribution >= 0.6 is 22.7 Å². The third-order valence-electron chi connectivity index (χ3n) is 5.21. The van der Waals surface area contributed by atoms with E-state index in [1.807, 2.05) is 12.1 Å². The standard InChI is InChI=1S/C25H23FN2O3S2/c1-31-23-15-19(26)10-11-21(23)28-22(16-33-25(28)30)17-6-4-7-18(14-17)24(29)27-12-3-2-8-20-9-5-13-32-20/h4-7,9-11,13-16H,2-3,8,12H2,1H3,(H,27,29). The largest absolute Gasteiger partial charge is 0.494 e. The van der Waals surface area contributed by atoms with E-state index in [1.54, 1.807) is 34.9 Å². The van der Waals surface area contributed by atoms with E-state index in [4.69, 9.17) is 4.74 Å². The molecule has 0 radical (unpaired) electrons. The number of halogens is 1. The molecule has 0 bridgehead atoms. The molecule has 8 heteroatoms. The van der Waals surface area contributed by atoms with Crippen LogP contribution in [0.4, 0.5) is 4.39 Å². The molecular formula is C25H23FN2O3S2. The fourth-order valence-corrected chi connectivity index (χ4v) is 5.08. The van der Waals surface area contributed by atoms with Gasteiger partial charge >= 0.3 is 4.87 Å². The summed E-state index contributed by atoms with van der Waals surface area (Å²) >= 11 is 2.79. The van der Waals surface area contributed by atoms with Crippen molar-refractivity contribution in [2.24, 2.45) is 0 Å². The lowest BCUT2D eigenvalue weighted by molar-refractivity contribution is 0.0953. The van der Waals surface area contributed by atoms with Crippen molar-refractivity contribution in [1.82, 2.24) is 9.88 Å². The molecule has 0 saturated heterocycles. The summed E-state index contributed by atoms with van der Waals surface area (Å²) in [5.74, 6) is -0.348. The van der Waals surface area contributed by atoms with Crippen LogP contribution in [0, 0.1) is 5.82 Å². The quantitative estimate of drug-likeness (QED) is 0.319. The van der Waals surface area contributed by atoms with Gasteiger partial charge in [0.2, 0.25) is 0 Å². The van der Waals surface area contributed by atoms with Gasteiger partial charge in [0.05, 0.1) is 18.5 Å². The third-order valence-corrected chi connectivity index (χ3v) is 6.88. The second-order valence-electron chi connectivity index (χ2n) is 7.41. The number of aryl methyl sites for hydroxylation is 1. The number of hydrogen-bond acceptors (Lipinski definition) is 5. The Hall–Kier alpha value is -3.23. The number of nitrogens with zero attached hydrogens (tertiary/aromatic N) is 1. The number of rotatable bonds is 9. The van der Waals surface area contributed by atoms with E-state index in [-0.39, 0.29) is 16.5 Å². The normalized spacial score (nSPS) is 10.8. The first-order chi connectivity index (χ1) is 16.1. The van der Waals surface area contributed by atoms with Gasteiger partial charge < -0.3 is 10.1 Å². The molecule has 4 rings (SSSR count). The van der Waals surface area contributed by atoms with E-state index in [0.29, 0.717) is 29.1 Å². The Bertz CT molecular complexity index is 1300. The van der Waals surface area contributed by atoms with Gasteiger partial charge in [-0.3, -0.25) is 14.2 Å². The molecule has 1 N–H and O–H groups in total. The predicted octanol–water partition coefficient (Wildman–Crippen LogP) is 5.53. The number of benzene rings is 2. The van der Waals surface area contributed by atoms with Crippen LogP contribution in [0.1, 0.15) is 28.1 Å². The summed E-state index contributed by atoms with van der Waals surface area (Å²) in [6.45, 7) is 0.602. The van der Waals surface area contributed by atoms with Gasteiger partial charge in [-0.25, -0.2) is 4.39 Å². The summed E-state index contributed by atoms with van der Waals surface area (Å²) in [5, 5.41) is 6.77. The number of methoxy groups -OCH3 is 1. The highest BCUT2D eigenvalue weighted by Crippen LogP contribution is 2.29. The average Bonchev–Trinajstić information content (AvgIpc) is 3.48. The fourth-order valence-electron chi connectivity index (χ4n) is 3.57. The molecular weight excluding hydrogens is 459 g/mol. The van der Waals surface area contributed by atoms with E-state index < -0.39 is 5.82 Å². The molecule has 0 atom stereocenters. The lowest BCUT2D eigenvalue weighted by atomic mass is 10.1. The molecule has 4 aromatic rings. The molecule has 0 aliphatic carbocycles. The summed E-state index contributed by atoms with van der Waals surface area (Å²) in [6.07, 6.45) is 2.94. The smallest absolute Gasteiger partial charge is 0.312 e. The number of aromatic nitrogens is 1. The van der Waals surface area contributed by atoms with Crippen molar-refractivity contribution < 1.29 is 13.9 Å². The van der Waals surface area contributed by atoms with Gasteiger partial charge in [0.15, 0.2) is 0 Å². The van der Waals surface area contributed by atoms with Gasteiger partial charge in [0.25, 0.3) is 5.91 Å². The van der Waals surface area contributed by atoms with Crippen LogP contribution in [0.15, 0.2) is 70.2 Å². The van der Waals surface area contributed by atoms with E-state index in [0.717, 1.165) is 30.6 Å². The molecule has 1 amide bonds. The zero-order valence-electron chi connectivity index (χ0n) is 18.0. The average molecular weight is 483 g/mol. The van der Waals surface area contributed by atoms with Crippen LogP contribution in [-0.2, 0) is 6.42 Å². The van der Waals surface area contributed by atoms with Gasteiger partial charge in [0.1, 0.15) is 11.6 Å². The Labute approximate surface area is 199 Å². The van der Waals surface area contributed by atoms with Crippen LogP contribution < -0.4 is 14.9 Å². The summed E-state index contributed by atoms with van der Waals surface area (Å²) in [7, 11) is 1.43. The first-order valence-corrected chi connectivity index (χ1v) is 12.3. The molecule has 0 fully saturated rings. The number of nitrogens with one attached hydrogen (secondary N) is 1. The van der Waals surface area contributed by atoms with Crippen LogP contribution in [0.3, 0.4) is 0 Å². The maximum absolute atomic E-state index is 13.7. The second kappa shape index (κ2) is 10.6. The van der Waals surface area contributed by atoms with Crippen LogP contribution in [-0.4, -0.2) is 24.1 Å². The number of carbonyl (C=O) groups excluding carboxylic acids is 1. The zero-order valence-corrected chi connectivity index (χ0v) is 19.7. The summed E-state index contributed by atoms with van der Waals surface area (Å²) in [6, 6.07) is 15.3. The van der Waals surface area contributed by atoms with Gasteiger partial charge in [-0.05, 0) is 55.0 Å². The lowest BCUT2D eigenvalue weighted by Crippen LogP contribution is -2.24. The second-order valence-corrected chi connectivity index (χ2v) is 9.26. The molecule has 0 aliphatic heterocycles. The van der Waals surface area contributed by atoms with Gasteiger partial charge in [-0.15, -0.1) is 11.3 Å². The number of unbranched alkanes of at least 4 members (excludes halogenated alkanes) is 1. The Balaban J connectivity index is 1.49. The minimum absolute atomic E-state index is 0.156. The number of carbonyl (C=O) groups is 1. The van der Waals surface area contributed by atoms with Crippen molar-refractivity contribution in [2.45, 2.75) is 19.3 Å². The number of thiazole rings is 1. The molecule has 0 spiro atoms. The van der Waals surface area contributed by atoms with E-state index in [1.165, 1.54) is 34.8 Å². The first-order valence-electron chi connectivity index (χ1n) is 10.5. The molecule has 2 heterocycles. The van der Waals surface area contributed by atoms with Crippen molar-refractivity contribution in [1.29, 1.82) is 0 Å². The Kier molecular flexibility index (Phi) is 7.36. The Morgan fingerprint density at radius 1 is 1.09 bits per heavy atom. The molecule has 0 aliphatic rings. The molecule has 0 unspecified atom stereocenters. The highest BCUT2D eigenvalue weighted by Gasteiger charge is 2.16. The predicted molar refractivity (Wildman–Crippen MR) is 131 cm³/mol. The van der Waals surface area contributed by atoms with Crippen molar-refractivity contribution >= 4 is 28.6 Å². The maximum Gasteiger partial charge on any atom is 0.312 e. The molecule has 170 valence electrons. The van der Waals surface area contributed by atoms with E-state index in [2.05, 4.69) is 16.8 Å². The van der Waals surface area contributed by atoms with Crippen molar-refractivity contribution in [2.75, 3.05) is 13.7 Å². The zero-order chi connectivity index (χ0) is 23.2. The Morgan fingerprint density at radius 2 is 1.97 bits per heavy atom. The fraction of sp³-hybridized carbons (Fsp3) is 0.200. The third kappa shape index (κ3) is 5.40. The van der Waals surface area contributed by atoms with E-state index in [9.17, 15) is 14.0 Å². The van der Waals surface area contributed by atoms with Crippen molar-refractivity contribution in [3.63, 3.8) is 0 Å². The summed E-state index contributed by atoms with van der Waals surface area (Å²) in [4.78, 5) is 26.4. The molecule has 2 aromatic heterocycles. The highest BCUT2D eigenvalue weighted by atomic mass is 32.1. The number of thiophene rings is 1. The van der Waals surface area contributed by atoms with Gasteiger partial charge in [-0.1, -0.05) is 29.5 Å². The maximum atomic E-state index is 13.7. The van der Waals surface area contributed by atoms with E-state index >= 15 is 0 Å². The number of amides is 1. The molecule has 0 saturated carbocycles. The van der Waals surface area contributed by atoms with Crippen molar-refractivity contribution in [3.8, 4) is 22.7 Å². The van der Waals surface area contributed by atoms with Crippen LogP contribution in [0.2, 0.25) is 0 Å². The first kappa shape index (κ1) is 22.9. The van der Waals surface area contributed by atoms with Crippen LogP contribution in [0.25, 0.3) is 16.9 Å². The molecule has 2 aromatic carbocycles. The van der Waals surface area contributed by atoms with Crippen molar-refractivity contribution in [3.05, 3.63) is 91.3 Å². The molecule has 33 heavy (non-hydrogen) atoms. The Morgan fingerprint density at radius 3 is 2.76 bits per heavy atom. The SMILES string of the molecule is COc1cc(F)ccc1-n1c(-c2cccc(C(=O)NCCCCc3cccs3)c2)csc1=O. The lowest BCUT2D eigenvalue weighted by Gasteiger charge is -2.13. The summed E-state index contributed by atoms with van der Waals surface area (Å²) < 4.78 is 20.4. The van der Waals surface area contributed by atoms with Crippen LogP contribution in [0.5, 0.6) is 5.75 Å². The number of hydrogen-bond donors (Lipinski definition) is 1. The topological polar surface area (TPSA) is 60.3 Å². The van der Waals surface area contributed by atoms with Gasteiger partial charge in [-0.2, -0.15) is 0 Å². The summed E-state index contributed by atoms with van der Waals surface area (Å²) in [5.41, 5.74) is 2.29. The van der Waals surface area contributed by atoms with Gasteiger partial charge in [0, 0.05) is 34.0 Å². The highest BCUT2D eigenvalue weighted by molar-refractivity contribution is 7.09. The molecule has 5 nitrogen and oxygen atoms in total. The monoisotopic (exact) mass is 482 g/mol. The minimum Gasteiger partial charge on any atom is -0.494 e. The minimum atomic E-state index is -0.450. The number of ether oxygens (including phenoxy) is 1.